The molecule has 0 spiro atoms. The van der Waals surface area contributed by atoms with Crippen molar-refractivity contribution in [1.82, 2.24) is 4.90 Å². The van der Waals surface area contributed by atoms with Gasteiger partial charge in [-0.3, -0.25) is 4.79 Å². The summed E-state index contributed by atoms with van der Waals surface area (Å²) < 4.78 is 5.83. The first-order valence-corrected chi connectivity index (χ1v) is 9.16. The second kappa shape index (κ2) is 4.49. The number of amides is 1. The number of carbonyl (C=O) groups excluding carboxylic acids is 1. The number of rotatable bonds is 1. The van der Waals surface area contributed by atoms with Gasteiger partial charge in [0, 0.05) is 13.1 Å². The van der Waals surface area contributed by atoms with Crippen LogP contribution in [0.4, 0.5) is 0 Å². The van der Waals surface area contributed by atoms with E-state index in [0.29, 0.717) is 16.7 Å². The average molecular weight is 305 g/mol. The number of ether oxygens (including phenoxy) is 1. The molecule has 124 valence electrons. The monoisotopic (exact) mass is 305 g/mol. The van der Waals surface area contributed by atoms with E-state index in [9.17, 15) is 4.79 Å². The van der Waals surface area contributed by atoms with Crippen LogP contribution in [0.5, 0.6) is 0 Å². The second-order valence-electron chi connectivity index (χ2n) is 9.88. The Morgan fingerprint density at radius 1 is 0.955 bits per heavy atom. The van der Waals surface area contributed by atoms with E-state index in [-0.39, 0.29) is 17.6 Å². The maximum Gasteiger partial charge on any atom is 0.229 e. The van der Waals surface area contributed by atoms with Gasteiger partial charge in [-0.2, -0.15) is 0 Å². The molecule has 0 N–H and O–H groups in total. The molecule has 2 unspecified atom stereocenters. The molecule has 22 heavy (non-hydrogen) atoms. The fourth-order valence-corrected chi connectivity index (χ4v) is 7.37. The zero-order valence-electron chi connectivity index (χ0n) is 14.7. The van der Waals surface area contributed by atoms with Crippen molar-refractivity contribution in [1.29, 1.82) is 0 Å². The van der Waals surface area contributed by atoms with E-state index in [1.54, 1.807) is 0 Å². The topological polar surface area (TPSA) is 29.5 Å². The van der Waals surface area contributed by atoms with Gasteiger partial charge in [-0.05, 0) is 69.1 Å². The number of hydrogen-bond acceptors (Lipinski definition) is 2. The van der Waals surface area contributed by atoms with Crippen molar-refractivity contribution in [3.63, 3.8) is 0 Å². The average Bonchev–Trinajstić information content (AvgIpc) is 2.32. The molecule has 0 aromatic heterocycles. The van der Waals surface area contributed by atoms with E-state index in [4.69, 9.17) is 4.74 Å². The number of hydrogen-bond donors (Lipinski definition) is 0. The molecular weight excluding hydrogens is 274 g/mol. The first-order chi connectivity index (χ1) is 10.2. The van der Waals surface area contributed by atoms with E-state index >= 15 is 0 Å². The Bertz CT molecular complexity index is 474. The molecule has 6 atom stereocenters. The van der Waals surface area contributed by atoms with Gasteiger partial charge in [0.15, 0.2) is 0 Å². The van der Waals surface area contributed by atoms with Crippen LogP contribution >= 0.6 is 0 Å². The number of morpholine rings is 1. The van der Waals surface area contributed by atoms with Gasteiger partial charge in [0.1, 0.15) is 0 Å². The largest absolute Gasteiger partial charge is 0.372 e. The third-order valence-corrected chi connectivity index (χ3v) is 6.79. The van der Waals surface area contributed by atoms with Crippen LogP contribution in [0.3, 0.4) is 0 Å². The first kappa shape index (κ1) is 15.0. The van der Waals surface area contributed by atoms with E-state index < -0.39 is 0 Å². The standard InChI is InChI=1S/C19H31NO2/c1-13-8-20(9-14(2)22-13)16(21)19-7-15-5-17(3,11-19)10-18(4,6-15)12-19/h13-15H,5-12H2,1-4H3/t13-,14-,15?,17-,18+,19?/m1/s1. The Kier molecular flexibility index (Phi) is 3.06. The zero-order chi connectivity index (χ0) is 15.8. The van der Waals surface area contributed by atoms with Gasteiger partial charge in [-0.1, -0.05) is 13.8 Å². The summed E-state index contributed by atoms with van der Waals surface area (Å²) in [5, 5.41) is 0. The third-order valence-electron chi connectivity index (χ3n) is 6.79. The summed E-state index contributed by atoms with van der Waals surface area (Å²) in [6.45, 7) is 10.6. The van der Waals surface area contributed by atoms with Gasteiger partial charge in [0.05, 0.1) is 17.6 Å². The molecule has 5 fully saturated rings. The summed E-state index contributed by atoms with van der Waals surface area (Å²) >= 11 is 0. The molecule has 3 nitrogen and oxygen atoms in total. The summed E-state index contributed by atoms with van der Waals surface area (Å²) in [5.74, 6) is 1.24. The third kappa shape index (κ3) is 2.23. The summed E-state index contributed by atoms with van der Waals surface area (Å²) in [6.07, 6.45) is 7.80. The molecule has 0 aromatic rings. The lowest BCUT2D eigenvalue weighted by Crippen LogP contribution is -2.62. The summed E-state index contributed by atoms with van der Waals surface area (Å²) in [6, 6.07) is 0. The Hall–Kier alpha value is -0.570. The zero-order valence-corrected chi connectivity index (χ0v) is 14.7. The van der Waals surface area contributed by atoms with E-state index in [2.05, 4.69) is 32.6 Å². The Morgan fingerprint density at radius 3 is 2.00 bits per heavy atom. The van der Waals surface area contributed by atoms with Crippen LogP contribution in [0.25, 0.3) is 0 Å². The van der Waals surface area contributed by atoms with Crippen LogP contribution in [-0.4, -0.2) is 36.1 Å². The minimum Gasteiger partial charge on any atom is -0.372 e. The van der Waals surface area contributed by atoms with Crippen LogP contribution in [-0.2, 0) is 9.53 Å². The van der Waals surface area contributed by atoms with Crippen molar-refractivity contribution in [2.24, 2.45) is 22.2 Å². The number of nitrogens with zero attached hydrogens (tertiary/aromatic N) is 1. The first-order valence-electron chi connectivity index (χ1n) is 9.16. The molecule has 1 saturated heterocycles. The fraction of sp³-hybridized carbons (Fsp3) is 0.947. The minimum atomic E-state index is -0.0559. The summed E-state index contributed by atoms with van der Waals surface area (Å²) in [4.78, 5) is 15.6. The van der Waals surface area contributed by atoms with Crippen molar-refractivity contribution in [3.8, 4) is 0 Å². The van der Waals surface area contributed by atoms with Crippen molar-refractivity contribution in [3.05, 3.63) is 0 Å². The predicted molar refractivity (Wildman–Crippen MR) is 86.4 cm³/mol. The minimum absolute atomic E-state index is 0.0559. The number of carbonyl (C=O) groups is 1. The van der Waals surface area contributed by atoms with Crippen molar-refractivity contribution < 1.29 is 9.53 Å². The highest BCUT2D eigenvalue weighted by molar-refractivity contribution is 5.83. The van der Waals surface area contributed by atoms with Gasteiger partial charge < -0.3 is 9.64 Å². The quantitative estimate of drug-likeness (QED) is 0.740. The molecule has 5 rings (SSSR count). The van der Waals surface area contributed by atoms with Gasteiger partial charge in [0.25, 0.3) is 0 Å². The predicted octanol–water partition coefficient (Wildman–Crippen LogP) is 3.62. The van der Waals surface area contributed by atoms with Gasteiger partial charge in [-0.25, -0.2) is 0 Å². The lowest BCUT2D eigenvalue weighted by atomic mass is 9.40. The van der Waals surface area contributed by atoms with E-state index in [1.807, 2.05) is 0 Å². The molecule has 0 aromatic carbocycles. The van der Waals surface area contributed by atoms with E-state index in [0.717, 1.165) is 38.3 Å². The Labute approximate surface area is 134 Å². The lowest BCUT2D eigenvalue weighted by molar-refractivity contribution is -0.186. The molecule has 4 bridgehead atoms. The summed E-state index contributed by atoms with van der Waals surface area (Å²) in [5.41, 5.74) is 0.764. The fourth-order valence-electron chi connectivity index (χ4n) is 7.37. The maximum atomic E-state index is 13.5. The van der Waals surface area contributed by atoms with Crippen LogP contribution in [0.1, 0.15) is 66.2 Å². The van der Waals surface area contributed by atoms with Crippen LogP contribution in [0.2, 0.25) is 0 Å². The van der Waals surface area contributed by atoms with E-state index in [1.165, 1.54) is 19.3 Å². The normalized spacial score (nSPS) is 53.8. The molecule has 5 aliphatic rings. The van der Waals surface area contributed by atoms with Gasteiger partial charge in [0.2, 0.25) is 5.91 Å². The molecule has 1 heterocycles. The van der Waals surface area contributed by atoms with Crippen molar-refractivity contribution >= 4 is 5.91 Å². The highest BCUT2D eigenvalue weighted by Crippen LogP contribution is 2.69. The molecule has 4 aliphatic carbocycles. The highest BCUT2D eigenvalue weighted by Gasteiger charge is 2.63. The van der Waals surface area contributed by atoms with Crippen molar-refractivity contribution in [2.45, 2.75) is 78.4 Å². The molecule has 1 aliphatic heterocycles. The highest BCUT2D eigenvalue weighted by atomic mass is 16.5. The maximum absolute atomic E-state index is 13.5. The van der Waals surface area contributed by atoms with Crippen LogP contribution < -0.4 is 0 Å². The van der Waals surface area contributed by atoms with Crippen LogP contribution in [0, 0.1) is 22.2 Å². The lowest BCUT2D eigenvalue weighted by Gasteiger charge is -2.65. The SMILES string of the molecule is C[C@@H]1CN(C(=O)C23CC4C[C@@](C)(C2)C[C@](C)(C4)C3)C[C@@H](C)O1. The summed E-state index contributed by atoms with van der Waals surface area (Å²) in [7, 11) is 0. The van der Waals surface area contributed by atoms with Crippen LogP contribution in [0.15, 0.2) is 0 Å². The molecule has 3 heteroatoms. The smallest absolute Gasteiger partial charge is 0.229 e. The Balaban J connectivity index is 1.62. The molecule has 4 saturated carbocycles. The van der Waals surface area contributed by atoms with Gasteiger partial charge in [-0.15, -0.1) is 0 Å². The molecular formula is C19H31NO2. The second-order valence-corrected chi connectivity index (χ2v) is 9.88. The molecule has 1 amide bonds. The van der Waals surface area contributed by atoms with Crippen molar-refractivity contribution in [2.75, 3.05) is 13.1 Å². The molecule has 0 radical (unpaired) electrons. The van der Waals surface area contributed by atoms with Gasteiger partial charge >= 0.3 is 0 Å². The Morgan fingerprint density at radius 2 is 1.50 bits per heavy atom.